The second-order valence-electron chi connectivity index (χ2n) is 8.77. The van der Waals surface area contributed by atoms with Crippen LogP contribution in [-0.4, -0.2) is 46.2 Å². The van der Waals surface area contributed by atoms with Gasteiger partial charge in [-0.05, 0) is 25.0 Å². The highest BCUT2D eigenvalue weighted by molar-refractivity contribution is 6.10. The van der Waals surface area contributed by atoms with Gasteiger partial charge in [0.15, 0.2) is 0 Å². The summed E-state index contributed by atoms with van der Waals surface area (Å²) < 4.78 is 3.15. The molecule has 0 aliphatic heterocycles. The Kier molecular flexibility index (Phi) is 5.29. The first kappa shape index (κ1) is 21.7. The van der Waals surface area contributed by atoms with Gasteiger partial charge < -0.3 is 10.6 Å². The van der Waals surface area contributed by atoms with Crippen LogP contribution in [0.15, 0.2) is 61.1 Å². The van der Waals surface area contributed by atoms with Crippen molar-refractivity contribution in [3.63, 3.8) is 0 Å². The van der Waals surface area contributed by atoms with Crippen LogP contribution in [0.25, 0.3) is 17.0 Å². The van der Waals surface area contributed by atoms with Crippen molar-refractivity contribution >= 4 is 23.4 Å². The van der Waals surface area contributed by atoms with E-state index in [-0.39, 0.29) is 17.8 Å². The molecule has 11 heteroatoms. The van der Waals surface area contributed by atoms with E-state index < -0.39 is 11.8 Å². The maximum Gasteiger partial charge on any atom is 0.275 e. The SMILES string of the molecule is Cn1ncc(C(=O)NCc2cc(C3CC3)[nH]n2)c1C(=O)Nc1ccn2cc(-c3ccccc3)nc2n1. The third-order valence-corrected chi connectivity index (χ3v) is 6.13. The number of nitrogens with one attached hydrogen (secondary N) is 3. The summed E-state index contributed by atoms with van der Waals surface area (Å²) in [5, 5.41) is 17.0. The zero-order valence-corrected chi connectivity index (χ0v) is 19.5. The van der Waals surface area contributed by atoms with Crippen LogP contribution in [0.1, 0.15) is 51.0 Å². The molecule has 1 aliphatic carbocycles. The molecule has 0 saturated heterocycles. The van der Waals surface area contributed by atoms with E-state index in [0.717, 1.165) is 22.6 Å². The van der Waals surface area contributed by atoms with Crippen LogP contribution in [0.5, 0.6) is 0 Å². The molecule has 4 aromatic heterocycles. The minimum atomic E-state index is -0.498. The summed E-state index contributed by atoms with van der Waals surface area (Å²) in [5.41, 5.74) is 3.88. The van der Waals surface area contributed by atoms with E-state index in [1.54, 1.807) is 23.7 Å². The summed E-state index contributed by atoms with van der Waals surface area (Å²) in [6.07, 6.45) is 7.35. The molecule has 0 spiro atoms. The largest absolute Gasteiger partial charge is 0.346 e. The van der Waals surface area contributed by atoms with Crippen LogP contribution in [-0.2, 0) is 13.6 Å². The van der Waals surface area contributed by atoms with Crippen molar-refractivity contribution in [3.8, 4) is 11.3 Å². The number of hydrogen-bond acceptors (Lipinski definition) is 6. The Bertz CT molecular complexity index is 1580. The van der Waals surface area contributed by atoms with E-state index in [1.807, 2.05) is 42.6 Å². The number of carbonyl (C=O) groups is 2. The van der Waals surface area contributed by atoms with Crippen LogP contribution in [0, 0.1) is 0 Å². The zero-order chi connectivity index (χ0) is 24.6. The molecule has 0 unspecified atom stereocenters. The first-order valence-electron chi connectivity index (χ1n) is 11.6. The molecule has 5 aromatic rings. The van der Waals surface area contributed by atoms with Crippen molar-refractivity contribution in [3.05, 3.63) is 83.7 Å². The van der Waals surface area contributed by atoms with Crippen LogP contribution in [0.3, 0.4) is 0 Å². The molecule has 1 saturated carbocycles. The van der Waals surface area contributed by atoms with Gasteiger partial charge in [0.25, 0.3) is 11.8 Å². The number of nitrogens with zero attached hydrogens (tertiary/aromatic N) is 6. The van der Waals surface area contributed by atoms with Crippen molar-refractivity contribution in [1.29, 1.82) is 0 Å². The van der Waals surface area contributed by atoms with Crippen LogP contribution >= 0.6 is 0 Å². The molecule has 0 bridgehead atoms. The minimum Gasteiger partial charge on any atom is -0.346 e. The highest BCUT2D eigenvalue weighted by Gasteiger charge is 2.26. The number of aromatic amines is 1. The molecule has 36 heavy (non-hydrogen) atoms. The van der Waals surface area contributed by atoms with E-state index in [9.17, 15) is 9.59 Å². The van der Waals surface area contributed by atoms with Crippen molar-refractivity contribution in [1.82, 2.24) is 39.7 Å². The summed E-state index contributed by atoms with van der Waals surface area (Å²) >= 11 is 0. The van der Waals surface area contributed by atoms with Gasteiger partial charge in [0.2, 0.25) is 5.78 Å². The Balaban J connectivity index is 1.17. The van der Waals surface area contributed by atoms with Crippen molar-refractivity contribution < 1.29 is 9.59 Å². The standard InChI is InChI=1S/C25H23N9O2/c1-33-22(18(13-27-33)23(35)26-12-17-11-19(32-31-17)16-7-8-16)24(36)29-21-9-10-34-14-20(28-25(34)30-21)15-5-3-2-4-6-15/h2-6,9-11,13-14,16H,7-8,12H2,1H3,(H,26,35)(H,31,32)(H,28,29,30,36). The Morgan fingerprint density at radius 3 is 2.75 bits per heavy atom. The number of carbonyl (C=O) groups excluding carboxylic acids is 2. The fourth-order valence-corrected chi connectivity index (χ4v) is 4.08. The number of H-pyrrole nitrogens is 1. The predicted octanol–water partition coefficient (Wildman–Crippen LogP) is 2.91. The summed E-state index contributed by atoms with van der Waals surface area (Å²) in [6, 6.07) is 13.4. The molecule has 0 atom stereocenters. The second kappa shape index (κ2) is 8.77. The van der Waals surface area contributed by atoms with Gasteiger partial charge in [-0.3, -0.25) is 23.8 Å². The molecule has 3 N–H and O–H groups in total. The van der Waals surface area contributed by atoms with Crippen LogP contribution in [0.4, 0.5) is 5.82 Å². The highest BCUT2D eigenvalue weighted by Crippen LogP contribution is 2.39. The second-order valence-corrected chi connectivity index (χ2v) is 8.77. The van der Waals surface area contributed by atoms with Crippen LogP contribution < -0.4 is 10.6 Å². The van der Waals surface area contributed by atoms with Gasteiger partial charge in [-0.25, -0.2) is 4.98 Å². The number of aryl methyl sites for hydroxylation is 1. The quantitative estimate of drug-likeness (QED) is 0.327. The first-order chi connectivity index (χ1) is 17.5. The molecule has 2 amide bonds. The van der Waals surface area contributed by atoms with Gasteiger partial charge in [0.1, 0.15) is 11.5 Å². The molecule has 180 valence electrons. The van der Waals surface area contributed by atoms with E-state index >= 15 is 0 Å². The number of benzene rings is 1. The van der Waals surface area contributed by atoms with Crippen molar-refractivity contribution in [2.75, 3.05) is 5.32 Å². The number of aromatic nitrogens is 7. The average Bonchev–Trinajstić information content (AvgIpc) is 3.29. The topological polar surface area (TPSA) is 135 Å². The summed E-state index contributed by atoms with van der Waals surface area (Å²) in [6.45, 7) is 0.250. The van der Waals surface area contributed by atoms with Gasteiger partial charge >= 0.3 is 0 Å². The lowest BCUT2D eigenvalue weighted by atomic mass is 10.2. The molecule has 6 rings (SSSR count). The highest BCUT2D eigenvalue weighted by atomic mass is 16.2. The molecular formula is C25H23N9O2. The molecular weight excluding hydrogens is 458 g/mol. The van der Waals surface area contributed by atoms with E-state index in [0.29, 0.717) is 17.5 Å². The first-order valence-corrected chi connectivity index (χ1v) is 11.6. The smallest absolute Gasteiger partial charge is 0.275 e. The number of fused-ring (bicyclic) bond motifs is 1. The molecule has 4 heterocycles. The Morgan fingerprint density at radius 2 is 1.94 bits per heavy atom. The van der Waals surface area contributed by atoms with Crippen molar-refractivity contribution in [2.24, 2.45) is 7.05 Å². The predicted molar refractivity (Wildman–Crippen MR) is 131 cm³/mol. The zero-order valence-electron chi connectivity index (χ0n) is 19.5. The molecule has 1 fully saturated rings. The average molecular weight is 482 g/mol. The summed E-state index contributed by atoms with van der Waals surface area (Å²) in [7, 11) is 1.61. The maximum atomic E-state index is 13.1. The Morgan fingerprint density at radius 1 is 1.11 bits per heavy atom. The molecule has 11 nitrogen and oxygen atoms in total. The number of imidazole rings is 1. The fourth-order valence-electron chi connectivity index (χ4n) is 4.08. The monoisotopic (exact) mass is 481 g/mol. The van der Waals surface area contributed by atoms with E-state index in [2.05, 4.69) is 35.9 Å². The molecule has 1 aromatic carbocycles. The van der Waals surface area contributed by atoms with Crippen LogP contribution in [0.2, 0.25) is 0 Å². The van der Waals surface area contributed by atoms with Gasteiger partial charge in [0, 0.05) is 36.6 Å². The number of anilines is 1. The Labute approximate surface area is 205 Å². The third kappa shape index (κ3) is 4.22. The summed E-state index contributed by atoms with van der Waals surface area (Å²) in [5.74, 6) is 0.403. The van der Waals surface area contributed by atoms with Gasteiger partial charge in [0.05, 0.1) is 29.7 Å². The van der Waals surface area contributed by atoms with Gasteiger partial charge in [-0.15, -0.1) is 0 Å². The fraction of sp³-hybridized carbons (Fsp3) is 0.200. The lowest BCUT2D eigenvalue weighted by Gasteiger charge is -2.08. The van der Waals surface area contributed by atoms with Crippen molar-refractivity contribution in [2.45, 2.75) is 25.3 Å². The Hall–Kier alpha value is -4.80. The lowest BCUT2D eigenvalue weighted by Crippen LogP contribution is -2.27. The van der Waals surface area contributed by atoms with Gasteiger partial charge in [-0.1, -0.05) is 30.3 Å². The third-order valence-electron chi connectivity index (χ3n) is 6.13. The molecule has 1 aliphatic rings. The van der Waals surface area contributed by atoms with E-state index in [1.165, 1.54) is 23.7 Å². The normalized spacial score (nSPS) is 13.1. The maximum absolute atomic E-state index is 13.1. The lowest BCUT2D eigenvalue weighted by molar-refractivity contribution is 0.0935. The number of rotatable bonds is 7. The van der Waals surface area contributed by atoms with E-state index in [4.69, 9.17) is 0 Å². The summed E-state index contributed by atoms with van der Waals surface area (Å²) in [4.78, 5) is 35.0. The number of hydrogen-bond donors (Lipinski definition) is 3. The van der Waals surface area contributed by atoms with Gasteiger partial charge in [-0.2, -0.15) is 15.2 Å². The molecule has 0 radical (unpaired) electrons. The number of amides is 2. The minimum absolute atomic E-state index is 0.128.